The molecule has 0 amide bonds. The molecule has 0 radical (unpaired) electrons. The minimum absolute atomic E-state index is 0.334. The van der Waals surface area contributed by atoms with Crippen LogP contribution in [0.5, 0.6) is 0 Å². The Balaban J connectivity index is 1.98. The number of benzene rings is 1. The fourth-order valence-corrected chi connectivity index (χ4v) is 1.89. The summed E-state index contributed by atoms with van der Waals surface area (Å²) in [5.74, 6) is 0.613. The monoisotopic (exact) mass is 176 g/mol. The molecule has 3 N–H and O–H groups in total. The van der Waals surface area contributed by atoms with Crippen molar-refractivity contribution in [2.45, 2.75) is 12.5 Å². The van der Waals surface area contributed by atoms with Crippen LogP contribution in [0.2, 0.25) is 0 Å². The fourth-order valence-electron chi connectivity index (χ4n) is 1.89. The van der Waals surface area contributed by atoms with Crippen molar-refractivity contribution in [3.63, 3.8) is 0 Å². The molecular weight excluding hydrogens is 160 g/mol. The van der Waals surface area contributed by atoms with Gasteiger partial charge in [0.15, 0.2) is 0 Å². The Labute approximate surface area is 79.1 Å². The lowest BCUT2D eigenvalue weighted by atomic mass is 9.96. The molecule has 0 unspecified atom stereocenters. The maximum absolute atomic E-state index is 5.96. The van der Waals surface area contributed by atoms with Crippen LogP contribution < -0.4 is 11.1 Å². The smallest absolute Gasteiger partial charge is 0.0209 e. The van der Waals surface area contributed by atoms with Gasteiger partial charge in [0.25, 0.3) is 0 Å². The van der Waals surface area contributed by atoms with Crippen molar-refractivity contribution < 1.29 is 0 Å². The van der Waals surface area contributed by atoms with E-state index >= 15 is 0 Å². The molecule has 1 heterocycles. The lowest BCUT2D eigenvalue weighted by molar-refractivity contribution is 0.512. The third-order valence-electron chi connectivity index (χ3n) is 2.73. The van der Waals surface area contributed by atoms with Crippen molar-refractivity contribution in [2.24, 2.45) is 11.7 Å². The summed E-state index contributed by atoms with van der Waals surface area (Å²) in [7, 11) is 0. The first-order chi connectivity index (χ1) is 6.36. The molecule has 0 bridgehead atoms. The highest BCUT2D eigenvalue weighted by Crippen LogP contribution is 2.13. The highest BCUT2D eigenvalue weighted by atomic mass is 15.0. The quantitative estimate of drug-likeness (QED) is 0.698. The van der Waals surface area contributed by atoms with Crippen molar-refractivity contribution in [2.75, 3.05) is 13.1 Å². The van der Waals surface area contributed by atoms with Crippen molar-refractivity contribution in [3.8, 4) is 0 Å². The molecule has 2 rings (SSSR count). The SMILES string of the molecule is N[C@H]1CNC[C@H]1Cc1ccccc1. The molecule has 70 valence electrons. The Hall–Kier alpha value is -0.860. The average molecular weight is 176 g/mol. The second kappa shape index (κ2) is 3.90. The van der Waals surface area contributed by atoms with Crippen molar-refractivity contribution in [3.05, 3.63) is 35.9 Å². The van der Waals surface area contributed by atoms with E-state index in [0.29, 0.717) is 12.0 Å². The topological polar surface area (TPSA) is 38.0 Å². The molecule has 1 saturated heterocycles. The summed E-state index contributed by atoms with van der Waals surface area (Å²) in [5.41, 5.74) is 7.36. The molecule has 2 nitrogen and oxygen atoms in total. The Kier molecular flexibility index (Phi) is 2.62. The lowest BCUT2D eigenvalue weighted by Crippen LogP contribution is -2.30. The molecule has 2 heteroatoms. The lowest BCUT2D eigenvalue weighted by Gasteiger charge is -2.13. The average Bonchev–Trinajstić information content (AvgIpc) is 2.54. The Morgan fingerprint density at radius 3 is 2.62 bits per heavy atom. The second-order valence-corrected chi connectivity index (χ2v) is 3.77. The third kappa shape index (κ3) is 2.08. The van der Waals surface area contributed by atoms with Crippen LogP contribution >= 0.6 is 0 Å². The van der Waals surface area contributed by atoms with E-state index in [1.54, 1.807) is 0 Å². The first-order valence-electron chi connectivity index (χ1n) is 4.86. The van der Waals surface area contributed by atoms with Gasteiger partial charge in [-0.15, -0.1) is 0 Å². The van der Waals surface area contributed by atoms with Crippen molar-refractivity contribution in [1.82, 2.24) is 5.32 Å². The van der Waals surface area contributed by atoms with Crippen LogP contribution in [0.25, 0.3) is 0 Å². The standard InChI is InChI=1S/C11H16N2/c12-11-8-13-7-10(11)6-9-4-2-1-3-5-9/h1-5,10-11,13H,6-8,12H2/t10-,11+/m1/s1. The van der Waals surface area contributed by atoms with Crippen LogP contribution in [-0.4, -0.2) is 19.1 Å². The van der Waals surface area contributed by atoms with Gasteiger partial charge in [0.1, 0.15) is 0 Å². The van der Waals surface area contributed by atoms with Crippen LogP contribution in [-0.2, 0) is 6.42 Å². The van der Waals surface area contributed by atoms with Gasteiger partial charge < -0.3 is 11.1 Å². The van der Waals surface area contributed by atoms with Crippen molar-refractivity contribution in [1.29, 1.82) is 0 Å². The predicted octanol–water partition coefficient (Wildman–Crippen LogP) is 0.776. The number of rotatable bonds is 2. The summed E-state index contributed by atoms with van der Waals surface area (Å²) in [5, 5.41) is 3.32. The number of hydrogen-bond donors (Lipinski definition) is 2. The van der Waals surface area contributed by atoms with Gasteiger partial charge in [-0.05, 0) is 24.4 Å². The molecule has 1 aliphatic rings. The molecule has 1 fully saturated rings. The van der Waals surface area contributed by atoms with Gasteiger partial charge in [0.05, 0.1) is 0 Å². The minimum Gasteiger partial charge on any atom is -0.326 e. The number of nitrogens with two attached hydrogens (primary N) is 1. The van der Waals surface area contributed by atoms with E-state index in [-0.39, 0.29) is 0 Å². The maximum atomic E-state index is 5.96. The largest absolute Gasteiger partial charge is 0.326 e. The molecule has 1 aromatic rings. The van der Waals surface area contributed by atoms with E-state index in [0.717, 1.165) is 19.5 Å². The van der Waals surface area contributed by atoms with Crippen molar-refractivity contribution >= 4 is 0 Å². The zero-order chi connectivity index (χ0) is 9.10. The third-order valence-corrected chi connectivity index (χ3v) is 2.73. The van der Waals surface area contributed by atoms with E-state index in [1.807, 2.05) is 0 Å². The first kappa shape index (κ1) is 8.73. The molecule has 2 atom stereocenters. The van der Waals surface area contributed by atoms with Gasteiger partial charge in [-0.1, -0.05) is 30.3 Å². The molecule has 0 spiro atoms. The van der Waals surface area contributed by atoms with Crippen LogP contribution in [0.4, 0.5) is 0 Å². The van der Waals surface area contributed by atoms with Gasteiger partial charge in [-0.3, -0.25) is 0 Å². The van der Waals surface area contributed by atoms with E-state index < -0.39 is 0 Å². The van der Waals surface area contributed by atoms with E-state index in [2.05, 4.69) is 35.6 Å². The summed E-state index contributed by atoms with van der Waals surface area (Å²) in [4.78, 5) is 0. The van der Waals surface area contributed by atoms with Crippen LogP contribution in [0, 0.1) is 5.92 Å². The Morgan fingerprint density at radius 2 is 2.00 bits per heavy atom. The van der Waals surface area contributed by atoms with Gasteiger partial charge in [0.2, 0.25) is 0 Å². The molecule has 1 aromatic carbocycles. The highest BCUT2D eigenvalue weighted by molar-refractivity contribution is 5.16. The summed E-state index contributed by atoms with van der Waals surface area (Å²) in [6, 6.07) is 10.9. The minimum atomic E-state index is 0.334. The van der Waals surface area contributed by atoms with Crippen LogP contribution in [0.1, 0.15) is 5.56 Å². The zero-order valence-corrected chi connectivity index (χ0v) is 7.74. The number of hydrogen-bond acceptors (Lipinski definition) is 2. The van der Waals surface area contributed by atoms with Crippen LogP contribution in [0.3, 0.4) is 0 Å². The van der Waals surface area contributed by atoms with E-state index in [4.69, 9.17) is 5.73 Å². The maximum Gasteiger partial charge on any atom is 0.0209 e. The highest BCUT2D eigenvalue weighted by Gasteiger charge is 2.23. The normalized spacial score (nSPS) is 27.8. The molecule has 0 aliphatic carbocycles. The summed E-state index contributed by atoms with van der Waals surface area (Å²) >= 11 is 0. The number of nitrogens with one attached hydrogen (secondary N) is 1. The van der Waals surface area contributed by atoms with E-state index in [9.17, 15) is 0 Å². The fraction of sp³-hybridized carbons (Fsp3) is 0.455. The van der Waals surface area contributed by atoms with Gasteiger partial charge >= 0.3 is 0 Å². The molecule has 0 saturated carbocycles. The zero-order valence-electron chi connectivity index (χ0n) is 7.74. The Morgan fingerprint density at radius 1 is 1.23 bits per heavy atom. The predicted molar refractivity (Wildman–Crippen MR) is 54.5 cm³/mol. The molecular formula is C11H16N2. The Bertz CT molecular complexity index is 258. The van der Waals surface area contributed by atoms with Gasteiger partial charge in [-0.2, -0.15) is 0 Å². The van der Waals surface area contributed by atoms with Crippen LogP contribution in [0.15, 0.2) is 30.3 Å². The summed E-state index contributed by atoms with van der Waals surface area (Å²) in [6.07, 6.45) is 1.11. The van der Waals surface area contributed by atoms with Gasteiger partial charge in [-0.25, -0.2) is 0 Å². The summed E-state index contributed by atoms with van der Waals surface area (Å²) in [6.45, 7) is 2.04. The summed E-state index contributed by atoms with van der Waals surface area (Å²) < 4.78 is 0. The molecule has 1 aliphatic heterocycles. The second-order valence-electron chi connectivity index (χ2n) is 3.77. The molecule has 13 heavy (non-hydrogen) atoms. The molecule has 0 aromatic heterocycles. The van der Waals surface area contributed by atoms with E-state index in [1.165, 1.54) is 5.56 Å². The first-order valence-corrected chi connectivity index (χ1v) is 4.86. The van der Waals surface area contributed by atoms with Gasteiger partial charge in [0, 0.05) is 12.6 Å².